The summed E-state index contributed by atoms with van der Waals surface area (Å²) in [5, 5.41) is 11.2. The number of halogens is 2. The summed E-state index contributed by atoms with van der Waals surface area (Å²) in [5.41, 5.74) is 2.67. The van der Waals surface area contributed by atoms with Crippen LogP contribution in [-0.4, -0.2) is 23.4 Å². The van der Waals surface area contributed by atoms with Crippen molar-refractivity contribution in [2.45, 2.75) is 12.3 Å². The van der Waals surface area contributed by atoms with Crippen molar-refractivity contribution in [3.05, 3.63) is 74.2 Å². The first-order chi connectivity index (χ1) is 13.1. The van der Waals surface area contributed by atoms with E-state index < -0.39 is 0 Å². The number of hydrogen-bond donors (Lipinski definition) is 0. The van der Waals surface area contributed by atoms with Gasteiger partial charge in [0.15, 0.2) is 0 Å². The molecule has 0 N–H and O–H groups in total. The standard InChI is InChI=1S/C20H15BrClN3OS/c21-14-3-7-16(8-4-14)24-11-25-19(26)9-17(13-1-5-15(22)6-2-13)18(10-23)20(25)27-12-24/h1-8,17H,9,11-12H2/t17-/m0/s1. The van der Waals surface area contributed by atoms with Crippen LogP contribution in [0.2, 0.25) is 5.02 Å². The van der Waals surface area contributed by atoms with Gasteiger partial charge in [-0.25, -0.2) is 0 Å². The molecule has 0 bridgehead atoms. The van der Waals surface area contributed by atoms with E-state index >= 15 is 0 Å². The molecular formula is C20H15BrClN3OS. The van der Waals surface area contributed by atoms with E-state index in [-0.39, 0.29) is 11.8 Å². The number of benzene rings is 2. The Morgan fingerprint density at radius 1 is 1.15 bits per heavy atom. The number of thioether (sulfide) groups is 1. The SMILES string of the molecule is N#CC1=C2SCN(c3ccc(Br)cc3)CN2C(=O)C[C@H]1c1ccc(Cl)cc1. The van der Waals surface area contributed by atoms with Gasteiger partial charge >= 0.3 is 0 Å². The number of allylic oxidation sites excluding steroid dienone is 1. The monoisotopic (exact) mass is 459 g/mol. The fourth-order valence-corrected chi connectivity index (χ4v) is 4.92. The Morgan fingerprint density at radius 2 is 1.85 bits per heavy atom. The molecule has 2 aliphatic rings. The van der Waals surface area contributed by atoms with Crippen LogP contribution in [0.15, 0.2) is 63.6 Å². The van der Waals surface area contributed by atoms with Gasteiger partial charge in [0.05, 0.1) is 29.2 Å². The molecule has 2 aliphatic heterocycles. The Bertz CT molecular complexity index is 953. The maximum Gasteiger partial charge on any atom is 0.229 e. The molecule has 0 unspecified atom stereocenters. The molecule has 4 rings (SSSR count). The Hall–Kier alpha value is -1.94. The van der Waals surface area contributed by atoms with Crippen LogP contribution in [0.4, 0.5) is 5.69 Å². The number of rotatable bonds is 2. The number of anilines is 1. The van der Waals surface area contributed by atoms with E-state index in [1.54, 1.807) is 28.8 Å². The molecule has 1 fully saturated rings. The van der Waals surface area contributed by atoms with E-state index in [1.807, 2.05) is 36.4 Å². The summed E-state index contributed by atoms with van der Waals surface area (Å²) in [6.07, 6.45) is 0.294. The van der Waals surface area contributed by atoms with Crippen LogP contribution in [0.5, 0.6) is 0 Å². The summed E-state index contributed by atoms with van der Waals surface area (Å²) in [7, 11) is 0. The molecule has 2 heterocycles. The molecule has 0 aromatic heterocycles. The molecule has 0 spiro atoms. The molecule has 1 saturated heterocycles. The van der Waals surface area contributed by atoms with Crippen molar-refractivity contribution in [3.8, 4) is 6.07 Å². The number of amides is 1. The first kappa shape index (κ1) is 18.4. The first-order valence-electron chi connectivity index (χ1n) is 8.40. The van der Waals surface area contributed by atoms with Gasteiger partial charge in [0.25, 0.3) is 0 Å². The van der Waals surface area contributed by atoms with Crippen molar-refractivity contribution in [2.24, 2.45) is 0 Å². The van der Waals surface area contributed by atoms with Gasteiger partial charge in [-0.1, -0.05) is 51.4 Å². The molecule has 0 aliphatic carbocycles. The van der Waals surface area contributed by atoms with Gasteiger partial charge in [0, 0.05) is 27.5 Å². The molecule has 136 valence electrons. The van der Waals surface area contributed by atoms with Gasteiger partial charge < -0.3 is 4.90 Å². The lowest BCUT2D eigenvalue weighted by atomic mass is 9.86. The van der Waals surface area contributed by atoms with Crippen molar-refractivity contribution >= 4 is 50.9 Å². The van der Waals surface area contributed by atoms with E-state index in [2.05, 4.69) is 26.9 Å². The Kier molecular flexibility index (Phi) is 5.18. The largest absolute Gasteiger partial charge is 0.344 e. The fourth-order valence-electron chi connectivity index (χ4n) is 3.36. The number of nitrogens with zero attached hydrogens (tertiary/aromatic N) is 3. The van der Waals surface area contributed by atoms with Crippen molar-refractivity contribution in [3.63, 3.8) is 0 Å². The van der Waals surface area contributed by atoms with Crippen molar-refractivity contribution < 1.29 is 4.79 Å². The molecule has 0 radical (unpaired) electrons. The lowest BCUT2D eigenvalue weighted by Gasteiger charge is -2.42. The van der Waals surface area contributed by atoms with Crippen molar-refractivity contribution in [1.29, 1.82) is 5.26 Å². The second-order valence-electron chi connectivity index (χ2n) is 6.39. The Labute approximate surface area is 175 Å². The molecule has 2 aromatic carbocycles. The third-order valence-electron chi connectivity index (χ3n) is 4.76. The number of hydrogen-bond acceptors (Lipinski definition) is 4. The van der Waals surface area contributed by atoms with Gasteiger partial charge in [-0.3, -0.25) is 9.69 Å². The van der Waals surface area contributed by atoms with E-state index in [0.717, 1.165) is 20.8 Å². The summed E-state index contributed by atoms with van der Waals surface area (Å²) in [6, 6.07) is 17.8. The average Bonchev–Trinajstić information content (AvgIpc) is 2.69. The summed E-state index contributed by atoms with van der Waals surface area (Å²) in [5.74, 6) is 0.523. The molecule has 4 nitrogen and oxygen atoms in total. The van der Waals surface area contributed by atoms with Gasteiger partial charge in [-0.15, -0.1) is 0 Å². The van der Waals surface area contributed by atoms with Gasteiger partial charge in [0.2, 0.25) is 5.91 Å². The van der Waals surface area contributed by atoms with Crippen LogP contribution in [0.3, 0.4) is 0 Å². The topological polar surface area (TPSA) is 47.3 Å². The molecule has 2 aromatic rings. The van der Waals surface area contributed by atoms with E-state index in [0.29, 0.717) is 29.6 Å². The van der Waals surface area contributed by atoms with E-state index in [4.69, 9.17) is 11.6 Å². The van der Waals surface area contributed by atoms with Crippen molar-refractivity contribution in [2.75, 3.05) is 17.4 Å². The van der Waals surface area contributed by atoms with Crippen LogP contribution in [-0.2, 0) is 4.79 Å². The lowest BCUT2D eigenvalue weighted by molar-refractivity contribution is -0.129. The zero-order chi connectivity index (χ0) is 19.0. The fraction of sp³-hybridized carbons (Fsp3) is 0.200. The molecule has 1 amide bonds. The predicted octanol–water partition coefficient (Wildman–Crippen LogP) is 5.32. The molecule has 7 heteroatoms. The second-order valence-corrected chi connectivity index (χ2v) is 8.68. The number of fused-ring (bicyclic) bond motifs is 1. The smallest absolute Gasteiger partial charge is 0.229 e. The molecule has 1 atom stereocenters. The highest BCUT2D eigenvalue weighted by atomic mass is 79.9. The number of nitriles is 1. The first-order valence-corrected chi connectivity index (χ1v) is 10.6. The third-order valence-corrected chi connectivity index (χ3v) is 6.69. The summed E-state index contributed by atoms with van der Waals surface area (Å²) >= 11 is 11.0. The van der Waals surface area contributed by atoms with E-state index in [9.17, 15) is 10.1 Å². The highest BCUT2D eigenvalue weighted by Crippen LogP contribution is 2.43. The predicted molar refractivity (Wildman–Crippen MR) is 112 cm³/mol. The van der Waals surface area contributed by atoms with Crippen LogP contribution in [0.1, 0.15) is 17.9 Å². The van der Waals surface area contributed by atoms with Crippen LogP contribution < -0.4 is 4.90 Å². The van der Waals surface area contributed by atoms with Gasteiger partial charge in [-0.2, -0.15) is 5.26 Å². The Morgan fingerprint density at radius 3 is 2.52 bits per heavy atom. The normalized spacial score (nSPS) is 19.7. The third kappa shape index (κ3) is 3.60. The second kappa shape index (κ2) is 7.59. The van der Waals surface area contributed by atoms with Crippen LogP contribution in [0, 0.1) is 11.3 Å². The highest BCUT2D eigenvalue weighted by Gasteiger charge is 2.38. The van der Waals surface area contributed by atoms with Gasteiger partial charge in [0.1, 0.15) is 0 Å². The summed E-state index contributed by atoms with van der Waals surface area (Å²) < 4.78 is 1.02. The lowest BCUT2D eigenvalue weighted by Crippen LogP contribution is -2.47. The summed E-state index contributed by atoms with van der Waals surface area (Å²) in [4.78, 5) is 16.8. The molecule has 0 saturated carbocycles. The zero-order valence-corrected chi connectivity index (χ0v) is 17.4. The summed E-state index contributed by atoms with van der Waals surface area (Å²) in [6.45, 7) is 0.460. The van der Waals surface area contributed by atoms with E-state index in [1.165, 1.54) is 0 Å². The minimum atomic E-state index is -0.210. The zero-order valence-electron chi connectivity index (χ0n) is 14.2. The minimum absolute atomic E-state index is 0.0401. The molecular weight excluding hydrogens is 446 g/mol. The maximum absolute atomic E-state index is 12.9. The van der Waals surface area contributed by atoms with Crippen LogP contribution in [0.25, 0.3) is 0 Å². The highest BCUT2D eigenvalue weighted by molar-refractivity contribution is 9.10. The Balaban J connectivity index is 1.65. The van der Waals surface area contributed by atoms with Gasteiger partial charge in [-0.05, 0) is 42.0 Å². The number of carbonyl (C=O) groups excluding carboxylic acids is 1. The maximum atomic E-state index is 12.9. The van der Waals surface area contributed by atoms with Crippen LogP contribution >= 0.6 is 39.3 Å². The van der Waals surface area contributed by atoms with Crippen molar-refractivity contribution in [1.82, 2.24) is 4.90 Å². The average molecular weight is 461 g/mol. The quantitative estimate of drug-likeness (QED) is 0.608. The minimum Gasteiger partial charge on any atom is -0.344 e. The number of carbonyl (C=O) groups is 1. The molecule has 27 heavy (non-hydrogen) atoms.